The third-order valence-electron chi connectivity index (χ3n) is 4.67. The monoisotopic (exact) mass is 454 g/mol. The number of carbonyl (C=O) groups is 3. The molecule has 3 aromatic rings. The van der Waals surface area contributed by atoms with Crippen molar-refractivity contribution in [1.29, 1.82) is 0 Å². The second kappa shape index (κ2) is 10.4. The number of methoxy groups -OCH3 is 1. The van der Waals surface area contributed by atoms with Crippen LogP contribution in [0.25, 0.3) is 23.1 Å². The molecular formula is C23H23FN4O5. The lowest BCUT2D eigenvalue weighted by Gasteiger charge is -2.10. The predicted molar refractivity (Wildman–Crippen MR) is 120 cm³/mol. The average molecular weight is 454 g/mol. The molecule has 0 atom stereocenters. The molecule has 10 heteroatoms. The number of ether oxygens (including phenoxy) is 2. The van der Waals surface area contributed by atoms with Crippen molar-refractivity contribution >= 4 is 41.0 Å². The van der Waals surface area contributed by atoms with E-state index in [4.69, 9.17) is 15.2 Å². The number of rotatable bonds is 8. The van der Waals surface area contributed by atoms with Crippen LogP contribution in [0, 0.1) is 5.82 Å². The van der Waals surface area contributed by atoms with Crippen molar-refractivity contribution in [3.8, 4) is 5.75 Å². The Morgan fingerprint density at radius 1 is 1.15 bits per heavy atom. The molecule has 3 N–H and O–H groups in total. The molecule has 0 fully saturated rings. The summed E-state index contributed by atoms with van der Waals surface area (Å²) in [6.07, 6.45) is 4.00. The van der Waals surface area contributed by atoms with Crippen molar-refractivity contribution in [3.05, 3.63) is 59.0 Å². The molecule has 172 valence electrons. The minimum Gasteiger partial charge on any atom is -0.495 e. The summed E-state index contributed by atoms with van der Waals surface area (Å²) in [5, 5.41) is 7.18. The number of nitrogens with one attached hydrogen (secondary N) is 1. The number of esters is 1. The minimum absolute atomic E-state index is 0.0498. The van der Waals surface area contributed by atoms with Gasteiger partial charge in [0, 0.05) is 6.54 Å². The number of amides is 2. The number of hydrogen-bond acceptors (Lipinski definition) is 6. The smallest absolute Gasteiger partial charge is 0.342 e. The normalized spacial score (nSPS) is 11.0. The summed E-state index contributed by atoms with van der Waals surface area (Å²) in [5.41, 5.74) is 6.79. The molecule has 2 amide bonds. The maximum Gasteiger partial charge on any atom is 0.342 e. The zero-order valence-electron chi connectivity index (χ0n) is 18.1. The number of aromatic nitrogens is 2. The first-order valence-electron chi connectivity index (χ1n) is 10.1. The van der Waals surface area contributed by atoms with Crippen LogP contribution in [0.5, 0.6) is 5.75 Å². The maximum atomic E-state index is 13.2. The Balaban J connectivity index is 2.01. The van der Waals surface area contributed by atoms with Gasteiger partial charge in [-0.15, -0.1) is 0 Å². The molecule has 0 radical (unpaired) electrons. The van der Waals surface area contributed by atoms with E-state index in [1.54, 1.807) is 24.3 Å². The van der Waals surface area contributed by atoms with E-state index in [0.717, 1.165) is 11.1 Å². The van der Waals surface area contributed by atoms with Crippen molar-refractivity contribution in [1.82, 2.24) is 15.1 Å². The van der Waals surface area contributed by atoms with E-state index in [0.29, 0.717) is 28.7 Å². The molecular weight excluding hydrogens is 431 g/mol. The molecule has 3 rings (SSSR count). The summed E-state index contributed by atoms with van der Waals surface area (Å²) >= 11 is 0. The first-order valence-corrected chi connectivity index (χ1v) is 10.1. The van der Waals surface area contributed by atoms with Crippen molar-refractivity contribution in [2.75, 3.05) is 20.3 Å². The second-order valence-electron chi connectivity index (χ2n) is 6.99. The van der Waals surface area contributed by atoms with Gasteiger partial charge in [-0.25, -0.2) is 14.0 Å². The van der Waals surface area contributed by atoms with Crippen LogP contribution in [-0.4, -0.2) is 47.9 Å². The molecule has 0 saturated heterocycles. The Bertz CT molecular complexity index is 1220. The molecule has 9 nitrogen and oxygen atoms in total. The van der Waals surface area contributed by atoms with Crippen LogP contribution in [0.3, 0.4) is 0 Å². The summed E-state index contributed by atoms with van der Waals surface area (Å²) in [4.78, 5) is 36.3. The highest BCUT2D eigenvalue weighted by molar-refractivity contribution is 6.06. The first-order chi connectivity index (χ1) is 15.8. The van der Waals surface area contributed by atoms with Crippen molar-refractivity contribution < 1.29 is 28.2 Å². The van der Waals surface area contributed by atoms with Gasteiger partial charge >= 0.3 is 12.0 Å². The SMILES string of the molecule is CCCNC(=O)COC(=O)c1ccc2c(c(C=Cc3ccc(F)cc3)nn2C(N)=O)c1OC. The Hall–Kier alpha value is -4.21. The van der Waals surface area contributed by atoms with Crippen LogP contribution in [-0.2, 0) is 9.53 Å². The number of nitrogens with zero attached hydrogens (tertiary/aromatic N) is 2. The molecule has 33 heavy (non-hydrogen) atoms. The molecule has 0 bridgehead atoms. The number of primary amides is 1. The topological polar surface area (TPSA) is 126 Å². The van der Waals surface area contributed by atoms with Gasteiger partial charge in [0.2, 0.25) is 0 Å². The summed E-state index contributed by atoms with van der Waals surface area (Å²) in [6.45, 7) is 1.93. The van der Waals surface area contributed by atoms with Crippen LogP contribution in [0.4, 0.5) is 9.18 Å². The second-order valence-corrected chi connectivity index (χ2v) is 6.99. The Morgan fingerprint density at radius 2 is 1.88 bits per heavy atom. The van der Waals surface area contributed by atoms with E-state index in [1.165, 1.54) is 31.4 Å². The predicted octanol–water partition coefficient (Wildman–Crippen LogP) is 2.96. The summed E-state index contributed by atoms with van der Waals surface area (Å²) in [7, 11) is 1.36. The molecule has 0 spiro atoms. The van der Waals surface area contributed by atoms with Crippen LogP contribution in [0.2, 0.25) is 0 Å². The largest absolute Gasteiger partial charge is 0.495 e. The van der Waals surface area contributed by atoms with E-state index in [2.05, 4.69) is 10.4 Å². The van der Waals surface area contributed by atoms with Gasteiger partial charge < -0.3 is 20.5 Å². The first kappa shape index (κ1) is 23.5. The van der Waals surface area contributed by atoms with Crippen LogP contribution >= 0.6 is 0 Å². The molecule has 1 heterocycles. The molecule has 1 aromatic heterocycles. The van der Waals surface area contributed by atoms with Crippen LogP contribution in [0.15, 0.2) is 36.4 Å². The quantitative estimate of drug-likeness (QED) is 0.504. The number of benzene rings is 2. The van der Waals surface area contributed by atoms with E-state index in [9.17, 15) is 18.8 Å². The highest BCUT2D eigenvalue weighted by atomic mass is 19.1. The third-order valence-corrected chi connectivity index (χ3v) is 4.67. The van der Waals surface area contributed by atoms with E-state index < -0.39 is 24.5 Å². The zero-order chi connectivity index (χ0) is 24.0. The van der Waals surface area contributed by atoms with Crippen LogP contribution < -0.4 is 15.8 Å². The van der Waals surface area contributed by atoms with Gasteiger partial charge in [0.1, 0.15) is 17.1 Å². The third kappa shape index (κ3) is 5.35. The number of fused-ring (bicyclic) bond motifs is 1. The van der Waals surface area contributed by atoms with Gasteiger partial charge in [-0.1, -0.05) is 25.1 Å². The Labute approximate surface area is 189 Å². The number of nitrogens with two attached hydrogens (primary N) is 1. The fourth-order valence-corrected chi connectivity index (χ4v) is 3.14. The lowest BCUT2D eigenvalue weighted by Crippen LogP contribution is -2.29. The minimum atomic E-state index is -0.827. The Morgan fingerprint density at radius 3 is 2.52 bits per heavy atom. The van der Waals surface area contributed by atoms with Crippen molar-refractivity contribution in [2.24, 2.45) is 5.73 Å². The van der Waals surface area contributed by atoms with Gasteiger partial charge in [0.15, 0.2) is 6.61 Å². The number of halogens is 1. The molecule has 2 aromatic carbocycles. The number of hydrogen-bond donors (Lipinski definition) is 2. The number of carbonyl (C=O) groups excluding carboxylic acids is 3. The molecule has 0 aliphatic rings. The summed E-state index contributed by atoms with van der Waals surface area (Å²) < 4.78 is 24.7. The van der Waals surface area contributed by atoms with Gasteiger partial charge in [-0.05, 0) is 42.3 Å². The molecule has 0 aliphatic heterocycles. The molecule has 0 aliphatic carbocycles. The van der Waals surface area contributed by atoms with Gasteiger partial charge in [0.05, 0.1) is 23.7 Å². The highest BCUT2D eigenvalue weighted by Crippen LogP contribution is 2.34. The van der Waals surface area contributed by atoms with Gasteiger partial charge in [0.25, 0.3) is 5.91 Å². The van der Waals surface area contributed by atoms with E-state index >= 15 is 0 Å². The molecule has 0 unspecified atom stereocenters. The van der Waals surface area contributed by atoms with Gasteiger partial charge in [-0.2, -0.15) is 9.78 Å². The summed E-state index contributed by atoms with van der Waals surface area (Å²) in [5.74, 6) is -1.46. The van der Waals surface area contributed by atoms with Crippen molar-refractivity contribution in [3.63, 3.8) is 0 Å². The fourth-order valence-electron chi connectivity index (χ4n) is 3.14. The average Bonchev–Trinajstić information content (AvgIpc) is 3.19. The fraction of sp³-hybridized carbons (Fsp3) is 0.217. The lowest BCUT2D eigenvalue weighted by atomic mass is 10.1. The standard InChI is InChI=1S/C23H23FN4O5/c1-3-12-26-19(29)13-33-22(30)16-9-11-18-20(21(16)32-2)17(27-28(18)23(25)31)10-6-14-4-7-15(24)8-5-14/h4-11H,3,12-13H2,1-2H3,(H2,25,31)(H,26,29). The lowest BCUT2D eigenvalue weighted by molar-refractivity contribution is -0.124. The Kier molecular flexibility index (Phi) is 7.39. The maximum absolute atomic E-state index is 13.2. The highest BCUT2D eigenvalue weighted by Gasteiger charge is 2.23. The molecule has 0 saturated carbocycles. The van der Waals surface area contributed by atoms with E-state index in [-0.39, 0.29) is 17.1 Å². The summed E-state index contributed by atoms with van der Waals surface area (Å²) in [6, 6.07) is 7.83. The van der Waals surface area contributed by atoms with Crippen LogP contribution in [0.1, 0.15) is 35.0 Å². The van der Waals surface area contributed by atoms with Gasteiger partial charge in [-0.3, -0.25) is 4.79 Å². The van der Waals surface area contributed by atoms with Crippen molar-refractivity contribution in [2.45, 2.75) is 13.3 Å². The zero-order valence-corrected chi connectivity index (χ0v) is 18.1. The van der Waals surface area contributed by atoms with E-state index in [1.807, 2.05) is 6.92 Å².